The number of benzene rings is 3. The average molecular weight is 372 g/mol. The maximum atomic E-state index is 12.4. The quantitative estimate of drug-likeness (QED) is 0.430. The van der Waals surface area contributed by atoms with Crippen LogP contribution in [0, 0.1) is 0 Å². The third-order valence-electron chi connectivity index (χ3n) is 3.96. The highest BCUT2D eigenvalue weighted by atomic mass is 16.6. The molecule has 28 heavy (non-hydrogen) atoms. The molecule has 0 amide bonds. The van der Waals surface area contributed by atoms with Crippen LogP contribution in [-0.4, -0.2) is 25.0 Å². The Kier molecular flexibility index (Phi) is 6.74. The Hall–Kier alpha value is -3.66. The van der Waals surface area contributed by atoms with Gasteiger partial charge in [-0.1, -0.05) is 66.7 Å². The van der Waals surface area contributed by atoms with Crippen LogP contribution < -0.4 is 4.74 Å². The number of hydrogen-bond donors (Lipinski definition) is 0. The molecule has 0 atom stereocenters. The van der Waals surface area contributed by atoms with Crippen LogP contribution in [0.2, 0.25) is 0 Å². The van der Waals surface area contributed by atoms with Crippen LogP contribution in [0.25, 0.3) is 6.08 Å². The fourth-order valence-corrected chi connectivity index (χ4v) is 2.53. The zero-order valence-electron chi connectivity index (χ0n) is 15.3. The molecule has 0 saturated heterocycles. The molecule has 0 aliphatic carbocycles. The highest BCUT2D eigenvalue weighted by Gasteiger charge is 2.09. The third-order valence-corrected chi connectivity index (χ3v) is 3.96. The van der Waals surface area contributed by atoms with Gasteiger partial charge in [0, 0.05) is 11.1 Å². The van der Waals surface area contributed by atoms with Gasteiger partial charge < -0.3 is 9.47 Å². The van der Waals surface area contributed by atoms with Crippen LogP contribution in [0.5, 0.6) is 5.75 Å². The van der Waals surface area contributed by atoms with Crippen LogP contribution in [0.15, 0.2) is 91.0 Å². The van der Waals surface area contributed by atoms with Crippen LogP contribution in [-0.2, 0) is 9.53 Å². The van der Waals surface area contributed by atoms with Gasteiger partial charge in [0.1, 0.15) is 12.4 Å². The molecule has 4 heteroatoms. The lowest BCUT2D eigenvalue weighted by atomic mass is 10.0. The van der Waals surface area contributed by atoms with E-state index in [1.807, 2.05) is 54.6 Å². The van der Waals surface area contributed by atoms with Crippen molar-refractivity contribution in [3.63, 3.8) is 0 Å². The van der Waals surface area contributed by atoms with Gasteiger partial charge in [-0.3, -0.25) is 4.79 Å². The summed E-state index contributed by atoms with van der Waals surface area (Å²) >= 11 is 0. The molecule has 4 nitrogen and oxygen atoms in total. The summed E-state index contributed by atoms with van der Waals surface area (Å²) in [7, 11) is 0. The average Bonchev–Trinajstić information content (AvgIpc) is 2.76. The first kappa shape index (κ1) is 19.1. The van der Waals surface area contributed by atoms with Crippen molar-refractivity contribution in [1.82, 2.24) is 0 Å². The summed E-state index contributed by atoms with van der Waals surface area (Å²) in [4.78, 5) is 24.1. The van der Waals surface area contributed by atoms with Gasteiger partial charge in [-0.05, 0) is 35.9 Å². The van der Waals surface area contributed by atoms with E-state index in [2.05, 4.69) is 0 Å². The number of hydrogen-bond acceptors (Lipinski definition) is 4. The molecule has 0 radical (unpaired) electrons. The molecule has 0 fully saturated rings. The summed E-state index contributed by atoms with van der Waals surface area (Å²) < 4.78 is 10.5. The van der Waals surface area contributed by atoms with E-state index < -0.39 is 5.97 Å². The summed E-state index contributed by atoms with van der Waals surface area (Å²) in [6, 6.07) is 25.5. The number of rotatable bonds is 8. The summed E-state index contributed by atoms with van der Waals surface area (Å²) in [6.45, 7) is -0.00718. The smallest absolute Gasteiger partial charge is 0.344 e. The van der Waals surface area contributed by atoms with Crippen LogP contribution in [0.1, 0.15) is 21.5 Å². The Labute approximate surface area is 164 Å². The lowest BCUT2D eigenvalue weighted by molar-refractivity contribution is -0.144. The molecule has 0 bridgehead atoms. The molecule has 0 unspecified atom stereocenters. The molecular weight excluding hydrogens is 352 g/mol. The Morgan fingerprint density at radius 2 is 1.36 bits per heavy atom. The molecule has 3 aromatic rings. The molecule has 0 aromatic heterocycles. The molecular formula is C24H20O4. The van der Waals surface area contributed by atoms with Crippen molar-refractivity contribution in [1.29, 1.82) is 0 Å². The molecule has 0 saturated carbocycles. The van der Waals surface area contributed by atoms with Crippen molar-refractivity contribution in [2.45, 2.75) is 0 Å². The van der Waals surface area contributed by atoms with E-state index in [1.165, 1.54) is 0 Å². The molecule has 0 N–H and O–H groups in total. The second-order valence-electron chi connectivity index (χ2n) is 6.00. The van der Waals surface area contributed by atoms with E-state index in [0.29, 0.717) is 16.9 Å². The predicted octanol–water partition coefficient (Wildman–Crippen LogP) is 4.55. The first-order chi connectivity index (χ1) is 13.7. The number of esters is 1. The maximum absolute atomic E-state index is 12.4. The van der Waals surface area contributed by atoms with E-state index in [0.717, 1.165) is 5.56 Å². The summed E-state index contributed by atoms with van der Waals surface area (Å²) in [5.74, 6) is -0.0136. The van der Waals surface area contributed by atoms with Gasteiger partial charge in [-0.15, -0.1) is 0 Å². The van der Waals surface area contributed by atoms with Gasteiger partial charge in [0.15, 0.2) is 12.4 Å². The minimum atomic E-state index is -0.456. The third kappa shape index (κ3) is 5.68. The summed E-state index contributed by atoms with van der Waals surface area (Å²) in [5, 5.41) is 0. The molecule has 0 heterocycles. The SMILES string of the molecule is O=C(COc1ccc(C(=O)c2ccccc2)cc1)OC/C=C/c1ccccc1. The second kappa shape index (κ2) is 9.88. The summed E-state index contributed by atoms with van der Waals surface area (Å²) in [5.41, 5.74) is 2.23. The largest absolute Gasteiger partial charge is 0.482 e. The van der Waals surface area contributed by atoms with Gasteiger partial charge in [0.2, 0.25) is 0 Å². The van der Waals surface area contributed by atoms with Gasteiger partial charge in [-0.25, -0.2) is 4.79 Å². The summed E-state index contributed by atoms with van der Waals surface area (Å²) in [6.07, 6.45) is 3.66. The molecule has 0 spiro atoms. The van der Waals surface area contributed by atoms with Gasteiger partial charge in [0.25, 0.3) is 0 Å². The molecule has 3 rings (SSSR count). The van der Waals surface area contributed by atoms with Crippen molar-refractivity contribution < 1.29 is 19.1 Å². The topological polar surface area (TPSA) is 52.6 Å². The maximum Gasteiger partial charge on any atom is 0.344 e. The van der Waals surface area contributed by atoms with E-state index in [4.69, 9.17) is 9.47 Å². The fraction of sp³-hybridized carbons (Fsp3) is 0.0833. The minimum Gasteiger partial charge on any atom is -0.482 e. The van der Waals surface area contributed by atoms with Gasteiger partial charge in [0.05, 0.1) is 0 Å². The Balaban J connectivity index is 1.43. The van der Waals surface area contributed by atoms with E-state index in [9.17, 15) is 9.59 Å². The number of carbonyl (C=O) groups is 2. The molecule has 140 valence electrons. The Morgan fingerprint density at radius 3 is 2.04 bits per heavy atom. The highest BCUT2D eigenvalue weighted by molar-refractivity contribution is 6.08. The monoisotopic (exact) mass is 372 g/mol. The zero-order valence-corrected chi connectivity index (χ0v) is 15.3. The standard InChI is InChI=1S/C24H20O4/c25-23(27-17-7-10-19-8-3-1-4-9-19)18-28-22-15-13-21(14-16-22)24(26)20-11-5-2-6-12-20/h1-16H,17-18H2/b10-7+. The van der Waals surface area contributed by atoms with Gasteiger partial charge in [-0.2, -0.15) is 0 Å². The first-order valence-corrected chi connectivity index (χ1v) is 8.92. The van der Waals surface area contributed by atoms with Crippen molar-refractivity contribution in [3.8, 4) is 5.75 Å². The van der Waals surface area contributed by atoms with Crippen molar-refractivity contribution in [2.24, 2.45) is 0 Å². The zero-order chi connectivity index (χ0) is 19.6. The minimum absolute atomic E-state index is 0.0586. The molecule has 3 aromatic carbocycles. The van der Waals surface area contributed by atoms with Gasteiger partial charge >= 0.3 is 5.97 Å². The molecule has 0 aliphatic rings. The number of ketones is 1. The van der Waals surface area contributed by atoms with Crippen molar-refractivity contribution in [3.05, 3.63) is 108 Å². The Morgan fingerprint density at radius 1 is 0.750 bits per heavy atom. The number of ether oxygens (including phenoxy) is 2. The second-order valence-corrected chi connectivity index (χ2v) is 6.00. The predicted molar refractivity (Wildman–Crippen MR) is 108 cm³/mol. The normalized spacial score (nSPS) is 10.6. The van der Waals surface area contributed by atoms with E-state index in [1.54, 1.807) is 42.5 Å². The van der Waals surface area contributed by atoms with Crippen LogP contribution in [0.4, 0.5) is 0 Å². The van der Waals surface area contributed by atoms with E-state index in [-0.39, 0.29) is 19.0 Å². The van der Waals surface area contributed by atoms with Crippen molar-refractivity contribution >= 4 is 17.8 Å². The van der Waals surface area contributed by atoms with E-state index >= 15 is 0 Å². The van der Waals surface area contributed by atoms with Crippen LogP contribution >= 0.6 is 0 Å². The Bertz CT molecular complexity index is 929. The highest BCUT2D eigenvalue weighted by Crippen LogP contribution is 2.15. The lowest BCUT2D eigenvalue weighted by Gasteiger charge is -2.07. The molecule has 0 aliphatic heterocycles. The first-order valence-electron chi connectivity index (χ1n) is 8.92. The fourth-order valence-electron chi connectivity index (χ4n) is 2.53. The van der Waals surface area contributed by atoms with Crippen LogP contribution in [0.3, 0.4) is 0 Å². The van der Waals surface area contributed by atoms with Crippen molar-refractivity contribution in [2.75, 3.05) is 13.2 Å². The lowest BCUT2D eigenvalue weighted by Crippen LogP contribution is -2.14. The number of carbonyl (C=O) groups excluding carboxylic acids is 2.